The van der Waals surface area contributed by atoms with Crippen LogP contribution < -0.4 is 9.80 Å². The largest absolute Gasteiger partial charge is 0.441 e. The van der Waals surface area contributed by atoms with Gasteiger partial charge in [0.15, 0.2) is 11.8 Å². The van der Waals surface area contributed by atoms with Crippen LogP contribution in [-0.4, -0.2) is 73.6 Å². The quantitative estimate of drug-likeness (QED) is 0.201. The van der Waals surface area contributed by atoms with Crippen molar-refractivity contribution in [2.45, 2.75) is 88.7 Å². The molecule has 12 heteroatoms. The Morgan fingerprint density at radius 3 is 2.53 bits per heavy atom. The van der Waals surface area contributed by atoms with E-state index in [0.717, 1.165) is 12.0 Å². The zero-order valence-corrected chi connectivity index (χ0v) is 27.1. The molecule has 1 spiro atoms. The Kier molecular flexibility index (Phi) is 8.11. The predicted octanol–water partition coefficient (Wildman–Crippen LogP) is 4.01. The summed E-state index contributed by atoms with van der Waals surface area (Å²) < 4.78 is 28.4. The number of carbonyl (C=O) groups excluding carboxylic acids is 4. The minimum absolute atomic E-state index is 0.0486. The molecule has 0 aromatic heterocycles. The second-order valence-electron chi connectivity index (χ2n) is 13.2. The molecule has 240 valence electrons. The highest BCUT2D eigenvalue weighted by atomic mass is 28.4. The number of rotatable bonds is 8. The van der Waals surface area contributed by atoms with Gasteiger partial charge in [0, 0.05) is 36.2 Å². The SMILES string of the molecule is CC(=O)OC1CC(=O)N1c1ccc2c(c1)[C@]1(O[C@@H](CC(=O)N3CCC[C@H]3CO)[C@H]([Si](C)(C)F)[C@H]1C)C(=O)N2Cc1ccccc1. The molecule has 1 N–H and O–H groups in total. The van der Waals surface area contributed by atoms with Gasteiger partial charge in [0.05, 0.1) is 43.8 Å². The van der Waals surface area contributed by atoms with Crippen LogP contribution in [0.5, 0.6) is 0 Å². The number of likely N-dealkylation sites (tertiary alicyclic amines) is 1. The summed E-state index contributed by atoms with van der Waals surface area (Å²) in [6, 6.07) is 14.4. The van der Waals surface area contributed by atoms with Crippen molar-refractivity contribution >= 4 is 43.5 Å². The molecule has 4 aliphatic rings. The number of hydrogen-bond donors (Lipinski definition) is 1. The number of benzene rings is 2. The van der Waals surface area contributed by atoms with Gasteiger partial charge in [0.25, 0.3) is 5.91 Å². The molecule has 0 saturated carbocycles. The summed E-state index contributed by atoms with van der Waals surface area (Å²) in [4.78, 5) is 57.4. The van der Waals surface area contributed by atoms with Crippen LogP contribution in [-0.2, 0) is 40.8 Å². The van der Waals surface area contributed by atoms with Gasteiger partial charge in [0.1, 0.15) is 0 Å². The summed E-state index contributed by atoms with van der Waals surface area (Å²) in [5.41, 5.74) is 0.134. The van der Waals surface area contributed by atoms with Gasteiger partial charge in [-0.15, -0.1) is 0 Å². The Balaban J connectivity index is 1.43. The van der Waals surface area contributed by atoms with E-state index in [-0.39, 0.29) is 49.8 Å². The molecule has 1 unspecified atom stereocenters. The molecule has 0 aliphatic carbocycles. The summed E-state index contributed by atoms with van der Waals surface area (Å²) >= 11 is 0. The number of nitrogens with zero attached hydrogens (tertiary/aromatic N) is 3. The number of ether oxygens (including phenoxy) is 2. The maximum Gasteiger partial charge on any atom is 0.304 e. The van der Waals surface area contributed by atoms with Crippen LogP contribution in [0.3, 0.4) is 0 Å². The number of aliphatic hydroxyl groups is 1. The van der Waals surface area contributed by atoms with Crippen molar-refractivity contribution < 1.29 is 37.9 Å². The number of fused-ring (bicyclic) bond motifs is 2. The van der Waals surface area contributed by atoms with Crippen LogP contribution in [0.2, 0.25) is 18.6 Å². The maximum absolute atomic E-state index is 16.3. The topological polar surface area (TPSA) is 117 Å². The normalized spacial score (nSPS) is 29.4. The number of carbonyl (C=O) groups is 4. The van der Waals surface area contributed by atoms with Crippen molar-refractivity contribution in [3.8, 4) is 0 Å². The summed E-state index contributed by atoms with van der Waals surface area (Å²) in [6.07, 6.45) is -0.203. The zero-order valence-electron chi connectivity index (χ0n) is 26.1. The lowest BCUT2D eigenvalue weighted by Gasteiger charge is -2.39. The van der Waals surface area contributed by atoms with Crippen LogP contribution in [0, 0.1) is 5.92 Å². The van der Waals surface area contributed by atoms with Gasteiger partial charge in [-0.05, 0) is 49.7 Å². The molecule has 6 atom stereocenters. The van der Waals surface area contributed by atoms with Gasteiger partial charge in [0.2, 0.25) is 20.2 Å². The summed E-state index contributed by atoms with van der Waals surface area (Å²) in [7, 11) is -3.53. The van der Waals surface area contributed by atoms with Crippen LogP contribution in [0.15, 0.2) is 48.5 Å². The average molecular weight is 638 g/mol. The second kappa shape index (κ2) is 11.6. The molecular formula is C33H40FN3O7Si. The molecule has 3 fully saturated rings. The van der Waals surface area contributed by atoms with Gasteiger partial charge >= 0.3 is 5.97 Å². The second-order valence-corrected chi connectivity index (χ2v) is 16.9. The lowest BCUT2D eigenvalue weighted by Crippen LogP contribution is -2.55. The molecule has 0 radical (unpaired) electrons. The van der Waals surface area contributed by atoms with E-state index in [1.54, 1.807) is 41.1 Å². The monoisotopic (exact) mass is 637 g/mol. The van der Waals surface area contributed by atoms with Crippen molar-refractivity contribution in [3.63, 3.8) is 0 Å². The van der Waals surface area contributed by atoms with Gasteiger partial charge < -0.3 is 28.5 Å². The third-order valence-electron chi connectivity index (χ3n) is 9.90. The molecule has 3 amide bonds. The number of halogens is 1. The first kappa shape index (κ1) is 31.4. The fourth-order valence-corrected chi connectivity index (χ4v) is 10.4. The number of β-lactam (4-membered cyclic amide) rings is 1. The predicted molar refractivity (Wildman–Crippen MR) is 166 cm³/mol. The summed E-state index contributed by atoms with van der Waals surface area (Å²) in [5.74, 6) is -1.94. The number of amides is 3. The van der Waals surface area contributed by atoms with Gasteiger partial charge in [-0.2, -0.15) is 0 Å². The third-order valence-corrected chi connectivity index (χ3v) is 12.4. The molecule has 2 aromatic rings. The molecule has 45 heavy (non-hydrogen) atoms. The van der Waals surface area contributed by atoms with Crippen molar-refractivity contribution in [2.24, 2.45) is 5.92 Å². The highest BCUT2D eigenvalue weighted by Gasteiger charge is 2.67. The molecule has 4 aliphatic heterocycles. The first-order valence-electron chi connectivity index (χ1n) is 15.6. The fraction of sp³-hybridized carbons (Fsp3) is 0.515. The molecule has 2 aromatic carbocycles. The van der Waals surface area contributed by atoms with Crippen molar-refractivity contribution in [2.75, 3.05) is 23.0 Å². The van der Waals surface area contributed by atoms with E-state index in [0.29, 0.717) is 29.9 Å². The minimum Gasteiger partial charge on any atom is -0.441 e. The van der Waals surface area contributed by atoms with Crippen LogP contribution in [0.4, 0.5) is 15.5 Å². The Bertz CT molecular complexity index is 1520. The Hall–Kier alpha value is -3.61. The highest BCUT2D eigenvalue weighted by Crippen LogP contribution is 2.61. The average Bonchev–Trinajstić information content (AvgIpc) is 3.63. The first-order chi connectivity index (χ1) is 21.4. The van der Waals surface area contributed by atoms with Crippen molar-refractivity contribution in [3.05, 3.63) is 59.7 Å². The Labute approximate surface area is 263 Å². The van der Waals surface area contributed by atoms with E-state index in [9.17, 15) is 24.3 Å². The van der Waals surface area contributed by atoms with Crippen LogP contribution in [0.25, 0.3) is 0 Å². The Morgan fingerprint density at radius 1 is 1.16 bits per heavy atom. The molecule has 4 heterocycles. The van der Waals surface area contributed by atoms with E-state index in [1.165, 1.54) is 11.8 Å². The molecule has 10 nitrogen and oxygen atoms in total. The number of esters is 1. The molecular weight excluding hydrogens is 597 g/mol. The van der Waals surface area contributed by atoms with Gasteiger partial charge in [-0.3, -0.25) is 24.1 Å². The molecule has 3 saturated heterocycles. The fourth-order valence-electron chi connectivity index (χ4n) is 7.93. The van der Waals surface area contributed by atoms with Crippen molar-refractivity contribution in [1.29, 1.82) is 0 Å². The number of anilines is 2. The number of hydrogen-bond acceptors (Lipinski definition) is 7. The minimum atomic E-state index is -3.53. The van der Waals surface area contributed by atoms with Crippen LogP contribution in [0.1, 0.15) is 50.7 Å². The lowest BCUT2D eigenvalue weighted by atomic mass is 9.82. The van der Waals surface area contributed by atoms with E-state index in [4.69, 9.17) is 9.47 Å². The summed E-state index contributed by atoms with van der Waals surface area (Å²) in [5, 5.41) is 9.83. The number of aliphatic hydroxyl groups excluding tert-OH is 1. The third kappa shape index (κ3) is 5.26. The van der Waals surface area contributed by atoms with E-state index in [1.807, 2.05) is 37.3 Å². The van der Waals surface area contributed by atoms with E-state index in [2.05, 4.69) is 0 Å². The molecule has 0 bridgehead atoms. The summed E-state index contributed by atoms with van der Waals surface area (Å²) in [6.45, 7) is 6.90. The smallest absolute Gasteiger partial charge is 0.304 e. The lowest BCUT2D eigenvalue weighted by molar-refractivity contribution is -0.154. The maximum atomic E-state index is 16.3. The first-order valence-corrected chi connectivity index (χ1v) is 18.6. The standard InChI is InChI=1S/C33H40FN3O7Si/c1-20-31(45(3,4)34)27(16-28(40)35-14-8-11-24(35)19-38)44-33(20)25-15-23(37-29(41)17-30(37)43-21(2)39)12-13-26(25)36(32(33)42)18-22-9-6-5-7-10-22/h5-7,9-10,12-13,15,20,24,27,30-31,38H,8,11,14,16-19H2,1-4H3/t20-,24+,27+,30?,31-,33+/m1/s1. The van der Waals surface area contributed by atoms with Gasteiger partial charge in [-0.25, -0.2) is 0 Å². The van der Waals surface area contributed by atoms with E-state index < -0.39 is 43.8 Å². The van der Waals surface area contributed by atoms with Gasteiger partial charge in [-0.1, -0.05) is 37.3 Å². The highest BCUT2D eigenvalue weighted by molar-refractivity contribution is 6.72. The van der Waals surface area contributed by atoms with E-state index >= 15 is 4.11 Å². The van der Waals surface area contributed by atoms with Crippen LogP contribution >= 0.6 is 0 Å². The van der Waals surface area contributed by atoms with Crippen molar-refractivity contribution in [1.82, 2.24) is 4.90 Å². The Morgan fingerprint density at radius 2 is 1.89 bits per heavy atom. The zero-order chi connectivity index (χ0) is 32.3. The molecule has 6 rings (SSSR count).